The van der Waals surface area contributed by atoms with Crippen LogP contribution in [0.2, 0.25) is 0 Å². The van der Waals surface area contributed by atoms with Crippen LogP contribution >= 0.6 is 0 Å². The SMILES string of the molecule is C=C(C)CN(C)Cc1cccc(CNC(C)(C)C)n1. The largest absolute Gasteiger partial charge is 0.306 e. The summed E-state index contributed by atoms with van der Waals surface area (Å²) in [4.78, 5) is 6.92. The molecule has 0 aliphatic heterocycles. The van der Waals surface area contributed by atoms with Crippen LogP contribution in [0.5, 0.6) is 0 Å². The molecule has 0 fully saturated rings. The molecule has 1 aromatic rings. The number of likely N-dealkylation sites (N-methyl/N-ethyl adjacent to an activating group) is 1. The number of hydrogen-bond acceptors (Lipinski definition) is 3. The maximum absolute atomic E-state index is 4.69. The van der Waals surface area contributed by atoms with E-state index in [1.165, 1.54) is 5.57 Å². The molecular formula is C16H27N3. The van der Waals surface area contributed by atoms with Gasteiger partial charge in [0, 0.05) is 25.2 Å². The zero-order chi connectivity index (χ0) is 14.5. The summed E-state index contributed by atoms with van der Waals surface area (Å²) in [6, 6.07) is 6.23. The van der Waals surface area contributed by atoms with Gasteiger partial charge in [-0.3, -0.25) is 9.88 Å². The van der Waals surface area contributed by atoms with Crippen molar-refractivity contribution in [3.05, 3.63) is 41.7 Å². The number of nitrogens with one attached hydrogen (secondary N) is 1. The fourth-order valence-electron chi connectivity index (χ4n) is 1.86. The molecule has 1 aromatic heterocycles. The van der Waals surface area contributed by atoms with E-state index < -0.39 is 0 Å². The van der Waals surface area contributed by atoms with E-state index in [1.807, 2.05) is 6.92 Å². The zero-order valence-electron chi connectivity index (χ0n) is 13.0. The quantitative estimate of drug-likeness (QED) is 0.798. The molecule has 1 N–H and O–H groups in total. The maximum Gasteiger partial charge on any atom is 0.0547 e. The predicted molar refractivity (Wildman–Crippen MR) is 82.0 cm³/mol. The highest BCUT2D eigenvalue weighted by Gasteiger charge is 2.09. The lowest BCUT2D eigenvalue weighted by molar-refractivity contribution is 0.350. The van der Waals surface area contributed by atoms with E-state index in [0.29, 0.717) is 0 Å². The Morgan fingerprint density at radius 3 is 2.53 bits per heavy atom. The van der Waals surface area contributed by atoms with Gasteiger partial charge in [0.25, 0.3) is 0 Å². The highest BCUT2D eigenvalue weighted by Crippen LogP contribution is 2.06. The third-order valence-electron chi connectivity index (χ3n) is 2.64. The van der Waals surface area contributed by atoms with Gasteiger partial charge in [-0.05, 0) is 46.9 Å². The van der Waals surface area contributed by atoms with Gasteiger partial charge in [-0.1, -0.05) is 18.2 Å². The molecular weight excluding hydrogens is 234 g/mol. The van der Waals surface area contributed by atoms with Gasteiger partial charge in [0.05, 0.1) is 11.4 Å². The fourth-order valence-corrected chi connectivity index (χ4v) is 1.86. The summed E-state index contributed by atoms with van der Waals surface area (Å²) in [5.74, 6) is 0. The van der Waals surface area contributed by atoms with E-state index >= 15 is 0 Å². The molecule has 0 spiro atoms. The Morgan fingerprint density at radius 2 is 1.95 bits per heavy atom. The van der Waals surface area contributed by atoms with Gasteiger partial charge < -0.3 is 5.32 Å². The molecule has 0 unspecified atom stereocenters. The van der Waals surface area contributed by atoms with Gasteiger partial charge in [-0.25, -0.2) is 0 Å². The van der Waals surface area contributed by atoms with Crippen molar-refractivity contribution in [3.8, 4) is 0 Å². The molecule has 0 bridgehead atoms. The smallest absolute Gasteiger partial charge is 0.0547 e. The molecule has 0 aliphatic rings. The molecule has 3 heteroatoms. The lowest BCUT2D eigenvalue weighted by atomic mass is 10.1. The molecule has 0 aliphatic carbocycles. The third kappa shape index (κ3) is 7.09. The minimum atomic E-state index is 0.119. The zero-order valence-corrected chi connectivity index (χ0v) is 13.0. The molecule has 0 radical (unpaired) electrons. The van der Waals surface area contributed by atoms with Gasteiger partial charge in [-0.2, -0.15) is 0 Å². The van der Waals surface area contributed by atoms with Crippen molar-refractivity contribution in [2.45, 2.75) is 46.3 Å². The first-order chi connectivity index (χ1) is 8.76. The van der Waals surface area contributed by atoms with Gasteiger partial charge in [0.1, 0.15) is 0 Å². The highest BCUT2D eigenvalue weighted by molar-refractivity contribution is 5.11. The number of hydrogen-bond donors (Lipinski definition) is 1. The second-order valence-corrected chi connectivity index (χ2v) is 6.35. The molecule has 0 aromatic carbocycles. The van der Waals surface area contributed by atoms with E-state index in [4.69, 9.17) is 0 Å². The van der Waals surface area contributed by atoms with Crippen molar-refractivity contribution in [1.82, 2.24) is 15.2 Å². The molecule has 19 heavy (non-hydrogen) atoms. The Bertz CT molecular complexity index is 418. The highest BCUT2D eigenvalue weighted by atomic mass is 15.1. The predicted octanol–water partition coefficient (Wildman–Crippen LogP) is 2.98. The Labute approximate surface area is 117 Å². The normalized spacial score (nSPS) is 11.9. The average Bonchev–Trinajstić information content (AvgIpc) is 2.24. The van der Waals surface area contributed by atoms with Crippen LogP contribution in [0.3, 0.4) is 0 Å². The van der Waals surface area contributed by atoms with Crippen LogP contribution in [0.25, 0.3) is 0 Å². The first-order valence-electron chi connectivity index (χ1n) is 6.79. The second-order valence-electron chi connectivity index (χ2n) is 6.35. The summed E-state index contributed by atoms with van der Waals surface area (Å²) in [5, 5.41) is 3.46. The molecule has 1 rings (SSSR count). The second kappa shape index (κ2) is 6.83. The monoisotopic (exact) mass is 261 g/mol. The third-order valence-corrected chi connectivity index (χ3v) is 2.64. The first kappa shape index (κ1) is 15.9. The lowest BCUT2D eigenvalue weighted by Gasteiger charge is -2.21. The molecule has 3 nitrogen and oxygen atoms in total. The molecule has 0 atom stereocenters. The van der Waals surface area contributed by atoms with E-state index in [0.717, 1.165) is 31.0 Å². The van der Waals surface area contributed by atoms with Crippen LogP contribution in [0.4, 0.5) is 0 Å². The summed E-state index contributed by atoms with van der Waals surface area (Å²) in [7, 11) is 2.09. The molecule has 1 heterocycles. The van der Waals surface area contributed by atoms with E-state index in [2.05, 4.69) is 67.8 Å². The minimum Gasteiger partial charge on any atom is -0.306 e. The molecule has 0 saturated heterocycles. The Hall–Kier alpha value is -1.19. The summed E-state index contributed by atoms with van der Waals surface area (Å²) in [5.41, 5.74) is 3.50. The van der Waals surface area contributed by atoms with Crippen molar-refractivity contribution in [3.63, 3.8) is 0 Å². The minimum absolute atomic E-state index is 0.119. The summed E-state index contributed by atoms with van der Waals surface area (Å²) in [6.07, 6.45) is 0. The van der Waals surface area contributed by atoms with Gasteiger partial charge >= 0.3 is 0 Å². The fraction of sp³-hybridized carbons (Fsp3) is 0.562. The van der Waals surface area contributed by atoms with Crippen molar-refractivity contribution < 1.29 is 0 Å². The van der Waals surface area contributed by atoms with Crippen LogP contribution in [0, 0.1) is 0 Å². The van der Waals surface area contributed by atoms with Crippen molar-refractivity contribution in [1.29, 1.82) is 0 Å². The number of rotatable bonds is 6. The van der Waals surface area contributed by atoms with Gasteiger partial charge in [0.2, 0.25) is 0 Å². The van der Waals surface area contributed by atoms with Crippen LogP contribution in [-0.4, -0.2) is 29.0 Å². The molecule has 0 amide bonds. The average molecular weight is 261 g/mol. The van der Waals surface area contributed by atoms with E-state index in [-0.39, 0.29) is 5.54 Å². The van der Waals surface area contributed by atoms with Crippen molar-refractivity contribution in [2.24, 2.45) is 0 Å². The van der Waals surface area contributed by atoms with Crippen LogP contribution in [-0.2, 0) is 13.1 Å². The van der Waals surface area contributed by atoms with Crippen LogP contribution in [0.15, 0.2) is 30.4 Å². The molecule has 0 saturated carbocycles. The summed E-state index contributed by atoms with van der Waals surface area (Å²) < 4.78 is 0. The number of aromatic nitrogens is 1. The molecule has 106 valence electrons. The van der Waals surface area contributed by atoms with Gasteiger partial charge in [0.15, 0.2) is 0 Å². The van der Waals surface area contributed by atoms with E-state index in [9.17, 15) is 0 Å². The maximum atomic E-state index is 4.69. The Kier molecular flexibility index (Phi) is 5.70. The lowest BCUT2D eigenvalue weighted by Crippen LogP contribution is -2.35. The number of pyridine rings is 1. The summed E-state index contributed by atoms with van der Waals surface area (Å²) in [6.45, 7) is 15.1. The van der Waals surface area contributed by atoms with Crippen LogP contribution < -0.4 is 5.32 Å². The van der Waals surface area contributed by atoms with Crippen LogP contribution in [0.1, 0.15) is 39.1 Å². The van der Waals surface area contributed by atoms with Crippen molar-refractivity contribution in [2.75, 3.05) is 13.6 Å². The van der Waals surface area contributed by atoms with Gasteiger partial charge in [-0.15, -0.1) is 0 Å². The van der Waals surface area contributed by atoms with E-state index in [1.54, 1.807) is 0 Å². The standard InChI is InChI=1S/C16H27N3/c1-13(2)11-19(6)12-15-9-7-8-14(18-15)10-17-16(3,4)5/h7-9,17H,1,10-12H2,2-6H3. The number of nitrogens with zero attached hydrogens (tertiary/aromatic N) is 2. The Balaban J connectivity index is 2.59. The summed E-state index contributed by atoms with van der Waals surface area (Å²) >= 11 is 0. The first-order valence-corrected chi connectivity index (χ1v) is 6.79. The Morgan fingerprint density at radius 1 is 1.32 bits per heavy atom. The topological polar surface area (TPSA) is 28.2 Å². The van der Waals surface area contributed by atoms with Crippen molar-refractivity contribution >= 4 is 0 Å².